The first-order valence-electron chi connectivity index (χ1n) is 0.928. The third-order valence-corrected chi connectivity index (χ3v) is 0. The Balaban J connectivity index is -0.00000000750. The number of rotatable bonds is 0. The molecule has 0 spiro atoms. The van der Waals surface area contributed by atoms with Crippen molar-refractivity contribution in [2.45, 2.75) is 6.92 Å². The number of hydrogen-bond acceptors (Lipinski definition) is 2. The first-order valence-corrected chi connectivity index (χ1v) is 0.928. The minimum Gasteiger partial charge on any atom is -0.481 e. The normalized spacial score (nSPS) is 3.12. The van der Waals surface area contributed by atoms with Gasteiger partial charge in [0.2, 0.25) is 0 Å². The summed E-state index contributed by atoms with van der Waals surface area (Å²) in [6.45, 7) is 1.08. The summed E-state index contributed by atoms with van der Waals surface area (Å²) in [5, 5.41) is 7.42. The number of aliphatic carboxylic acids is 1. The van der Waals surface area contributed by atoms with E-state index in [1.807, 2.05) is 0 Å². The fourth-order valence-corrected chi connectivity index (χ4v) is 0. The molecule has 3 nitrogen and oxygen atoms in total. The van der Waals surface area contributed by atoms with Crippen molar-refractivity contribution in [2.75, 3.05) is 0 Å². The van der Waals surface area contributed by atoms with Gasteiger partial charge in [-0.25, -0.2) is 0 Å². The molecule has 0 aliphatic rings. The molecule has 0 saturated heterocycles. The molecule has 0 fully saturated rings. The summed E-state index contributed by atoms with van der Waals surface area (Å²) in [5.74, 6) is -0.833. The van der Waals surface area contributed by atoms with Crippen molar-refractivity contribution < 1.29 is 44.3 Å². The molecule has 0 aliphatic carbocycles. The van der Waals surface area contributed by atoms with Crippen LogP contribution in [-0.4, -0.2) is 11.1 Å². The quantitative estimate of drug-likeness (QED) is 0.591. The monoisotopic (exact) mass is 221 g/mol. The number of halogens is 1. The van der Waals surface area contributed by atoms with E-state index in [1.165, 1.54) is 0 Å². The van der Waals surface area contributed by atoms with Crippen molar-refractivity contribution in [2.24, 2.45) is 0 Å². The maximum atomic E-state index is 9.00. The summed E-state index contributed by atoms with van der Waals surface area (Å²) < 4.78 is 0. The fourth-order valence-electron chi connectivity index (χ4n) is 0. The molecule has 0 heterocycles. The molecule has 0 radical (unpaired) electrons. The van der Waals surface area contributed by atoms with Crippen LogP contribution in [0.5, 0.6) is 0 Å². The Morgan fingerprint density at radius 3 is 1.50 bits per heavy atom. The average molecular weight is 221 g/mol. The van der Waals surface area contributed by atoms with Crippen LogP contribution in [0, 0.1) is 0 Å². The molecular formula is C2H8ClCrFeNO2. The van der Waals surface area contributed by atoms with Crippen LogP contribution in [0.4, 0.5) is 0 Å². The van der Waals surface area contributed by atoms with E-state index in [1.54, 1.807) is 0 Å². The van der Waals surface area contributed by atoms with Crippen LogP contribution in [0.15, 0.2) is 0 Å². The van der Waals surface area contributed by atoms with Gasteiger partial charge in [-0.3, -0.25) is 4.79 Å². The van der Waals surface area contributed by atoms with Crippen molar-refractivity contribution in [3.63, 3.8) is 0 Å². The second-order valence-electron chi connectivity index (χ2n) is 0.519. The standard InChI is InChI=1S/C2H4O2.ClH.Cr.Fe.H3N/c1-2(3)4;;;;/h1H3,(H,3,4);1H;;;1H3. The molecule has 0 amide bonds. The molecule has 0 rings (SSSR count). The zero-order valence-corrected chi connectivity index (χ0v) is 7.43. The number of carboxylic acid groups (broad SMARTS) is 1. The van der Waals surface area contributed by atoms with Gasteiger partial charge in [-0.05, 0) is 0 Å². The van der Waals surface area contributed by atoms with Crippen LogP contribution in [0.25, 0.3) is 0 Å². The van der Waals surface area contributed by atoms with Crippen LogP contribution in [0.3, 0.4) is 0 Å². The van der Waals surface area contributed by atoms with E-state index in [2.05, 4.69) is 0 Å². The van der Waals surface area contributed by atoms with Crippen LogP contribution < -0.4 is 6.15 Å². The van der Waals surface area contributed by atoms with Gasteiger partial charge in [-0.15, -0.1) is 12.4 Å². The summed E-state index contributed by atoms with van der Waals surface area (Å²) in [4.78, 5) is 9.00. The minimum atomic E-state index is -0.833. The van der Waals surface area contributed by atoms with Crippen LogP contribution in [0.2, 0.25) is 0 Å². The molecule has 4 N–H and O–H groups in total. The first kappa shape index (κ1) is 37.2. The third kappa shape index (κ3) is 379. The average Bonchev–Trinajstić information content (AvgIpc) is 0.811. The third-order valence-electron chi connectivity index (χ3n) is 0. The molecular weight excluding hydrogens is 213 g/mol. The van der Waals surface area contributed by atoms with Crippen molar-refractivity contribution in [1.82, 2.24) is 6.15 Å². The second kappa shape index (κ2) is 25.1. The smallest absolute Gasteiger partial charge is 0.300 e. The van der Waals surface area contributed by atoms with Crippen LogP contribution in [0.1, 0.15) is 6.92 Å². The molecule has 0 aromatic carbocycles. The van der Waals surface area contributed by atoms with Crippen LogP contribution >= 0.6 is 12.4 Å². The Bertz CT molecular complexity index is 43.0. The Hall–Kier alpha value is 0.772. The van der Waals surface area contributed by atoms with Crippen molar-refractivity contribution in [3.05, 3.63) is 0 Å². The number of carboxylic acids is 1. The van der Waals surface area contributed by atoms with Crippen molar-refractivity contribution >= 4 is 18.4 Å². The number of carbonyl (C=O) groups is 1. The molecule has 0 aromatic rings. The van der Waals surface area contributed by atoms with E-state index >= 15 is 0 Å². The van der Waals surface area contributed by atoms with Gasteiger partial charge in [0, 0.05) is 41.4 Å². The summed E-state index contributed by atoms with van der Waals surface area (Å²) in [6, 6.07) is 0. The minimum absolute atomic E-state index is 0. The summed E-state index contributed by atoms with van der Waals surface area (Å²) >= 11 is 0. The van der Waals surface area contributed by atoms with E-state index < -0.39 is 5.97 Å². The maximum absolute atomic E-state index is 9.00. The first-order chi connectivity index (χ1) is 1.73. The summed E-state index contributed by atoms with van der Waals surface area (Å²) in [7, 11) is 0. The van der Waals surface area contributed by atoms with E-state index in [4.69, 9.17) is 9.90 Å². The Kier molecular flexibility index (Phi) is 117. The van der Waals surface area contributed by atoms with E-state index in [0.717, 1.165) is 6.92 Å². The van der Waals surface area contributed by atoms with Crippen molar-refractivity contribution in [3.8, 4) is 0 Å². The summed E-state index contributed by atoms with van der Waals surface area (Å²) in [6.07, 6.45) is 0. The maximum Gasteiger partial charge on any atom is 0.300 e. The van der Waals surface area contributed by atoms with Gasteiger partial charge < -0.3 is 11.3 Å². The van der Waals surface area contributed by atoms with Gasteiger partial charge in [-0.1, -0.05) is 0 Å². The van der Waals surface area contributed by atoms with E-state index in [0.29, 0.717) is 0 Å². The van der Waals surface area contributed by atoms with Crippen LogP contribution in [-0.2, 0) is 39.2 Å². The van der Waals surface area contributed by atoms with Crippen molar-refractivity contribution in [1.29, 1.82) is 0 Å². The van der Waals surface area contributed by atoms with E-state index in [-0.39, 0.29) is 53.0 Å². The van der Waals surface area contributed by atoms with E-state index in [9.17, 15) is 0 Å². The largest absolute Gasteiger partial charge is 0.481 e. The molecule has 8 heavy (non-hydrogen) atoms. The summed E-state index contributed by atoms with van der Waals surface area (Å²) in [5.41, 5.74) is 0. The van der Waals surface area contributed by atoms with Gasteiger partial charge in [0.1, 0.15) is 0 Å². The number of hydrogen-bond donors (Lipinski definition) is 2. The zero-order valence-electron chi connectivity index (χ0n) is 4.23. The molecule has 0 aliphatic heterocycles. The topological polar surface area (TPSA) is 72.3 Å². The molecule has 0 aromatic heterocycles. The molecule has 54 valence electrons. The molecule has 0 atom stereocenters. The second-order valence-corrected chi connectivity index (χ2v) is 0.519. The Morgan fingerprint density at radius 2 is 1.50 bits per heavy atom. The van der Waals surface area contributed by atoms with Gasteiger partial charge in [-0.2, -0.15) is 0 Å². The predicted molar refractivity (Wildman–Crippen MR) is 25.6 cm³/mol. The Morgan fingerprint density at radius 1 is 1.50 bits per heavy atom. The Labute approximate surface area is 75.8 Å². The zero-order chi connectivity index (χ0) is 3.58. The molecule has 0 unspecified atom stereocenters. The van der Waals surface area contributed by atoms with Gasteiger partial charge >= 0.3 is 0 Å². The SMILES string of the molecule is CC(=O)O.Cl.N.[Cr].[Fe]. The molecule has 0 saturated carbocycles. The predicted octanol–water partition coefficient (Wildman–Crippen LogP) is 0.670. The van der Waals surface area contributed by atoms with Gasteiger partial charge in [0.05, 0.1) is 0 Å². The van der Waals surface area contributed by atoms with Gasteiger partial charge in [0.25, 0.3) is 5.97 Å². The molecule has 0 bridgehead atoms. The molecule has 6 heteroatoms. The fraction of sp³-hybridized carbons (Fsp3) is 0.500. The van der Waals surface area contributed by atoms with Gasteiger partial charge in [0.15, 0.2) is 0 Å².